The molecule has 1 aromatic carbocycles. The predicted octanol–water partition coefficient (Wildman–Crippen LogP) is 3.56. The van der Waals surface area contributed by atoms with E-state index in [2.05, 4.69) is 22.1 Å². The minimum Gasteiger partial charge on any atom is -0.372 e. The van der Waals surface area contributed by atoms with Crippen molar-refractivity contribution in [2.75, 3.05) is 13.7 Å². The molecule has 0 bridgehead atoms. The molecule has 1 amide bonds. The summed E-state index contributed by atoms with van der Waals surface area (Å²) in [7, 11) is 1.60. The Bertz CT molecular complexity index is 664. The molecule has 3 rings (SSSR count). The fourth-order valence-corrected chi connectivity index (χ4v) is 3.38. The van der Waals surface area contributed by atoms with Gasteiger partial charge in [0, 0.05) is 13.7 Å². The van der Waals surface area contributed by atoms with E-state index < -0.39 is 0 Å². The fraction of sp³-hybridized carbons (Fsp3) is 0.474. The van der Waals surface area contributed by atoms with Gasteiger partial charge < -0.3 is 14.6 Å². The second kappa shape index (κ2) is 7.62. The van der Waals surface area contributed by atoms with Gasteiger partial charge in [0.15, 0.2) is 0 Å². The zero-order valence-corrected chi connectivity index (χ0v) is 14.4. The van der Waals surface area contributed by atoms with Crippen molar-refractivity contribution in [1.82, 2.24) is 14.9 Å². The number of piperidine rings is 1. The average molecular weight is 327 g/mol. The smallest absolute Gasteiger partial charge is 0.252 e. The van der Waals surface area contributed by atoms with Crippen molar-refractivity contribution >= 4 is 5.91 Å². The third-order valence-corrected chi connectivity index (χ3v) is 4.71. The summed E-state index contributed by atoms with van der Waals surface area (Å²) in [5.74, 6) is 0.940. The highest BCUT2D eigenvalue weighted by Crippen LogP contribution is 2.31. The lowest BCUT2D eigenvalue weighted by Crippen LogP contribution is -2.44. The number of methoxy groups -OCH3 is 1. The number of aromatic amines is 1. The molecule has 2 aromatic rings. The number of H-pyrrole nitrogens is 1. The third kappa shape index (κ3) is 3.36. The molecule has 2 heterocycles. The summed E-state index contributed by atoms with van der Waals surface area (Å²) in [5, 5.41) is 0. The number of carbonyl (C=O) groups excluding carboxylic acids is 1. The van der Waals surface area contributed by atoms with E-state index in [9.17, 15) is 4.79 Å². The molecule has 1 N–H and O–H groups in total. The molecule has 1 aliphatic rings. The van der Waals surface area contributed by atoms with Crippen LogP contribution in [0, 0.1) is 0 Å². The Kier molecular flexibility index (Phi) is 5.30. The van der Waals surface area contributed by atoms with Gasteiger partial charge in [-0.25, -0.2) is 4.98 Å². The lowest BCUT2D eigenvalue weighted by atomic mass is 10.0. The summed E-state index contributed by atoms with van der Waals surface area (Å²) in [4.78, 5) is 22.7. The maximum absolute atomic E-state index is 12.8. The summed E-state index contributed by atoms with van der Waals surface area (Å²) < 4.78 is 5.35. The maximum atomic E-state index is 12.8. The summed E-state index contributed by atoms with van der Waals surface area (Å²) in [6.45, 7) is 2.75. The van der Waals surface area contributed by atoms with E-state index >= 15 is 0 Å². The van der Waals surface area contributed by atoms with Crippen LogP contribution in [0.5, 0.6) is 0 Å². The first-order chi connectivity index (χ1) is 11.7. The van der Waals surface area contributed by atoms with E-state index in [-0.39, 0.29) is 18.1 Å². The number of amides is 1. The molecule has 0 spiro atoms. The van der Waals surface area contributed by atoms with E-state index in [0.717, 1.165) is 42.9 Å². The van der Waals surface area contributed by atoms with E-state index in [4.69, 9.17) is 4.74 Å². The predicted molar refractivity (Wildman–Crippen MR) is 93.4 cm³/mol. The Balaban J connectivity index is 1.83. The first kappa shape index (κ1) is 16.7. The number of hydrogen-bond donors (Lipinski definition) is 1. The molecular weight excluding hydrogens is 302 g/mol. The van der Waals surface area contributed by atoms with Crippen LogP contribution in [-0.2, 0) is 9.53 Å². The summed E-state index contributed by atoms with van der Waals surface area (Å²) in [6.07, 6.45) is 5.26. The monoisotopic (exact) mass is 327 g/mol. The lowest BCUT2D eigenvalue weighted by molar-refractivity contribution is -0.146. The van der Waals surface area contributed by atoms with Crippen molar-refractivity contribution in [2.24, 2.45) is 0 Å². The van der Waals surface area contributed by atoms with Crippen LogP contribution in [0.4, 0.5) is 0 Å². The van der Waals surface area contributed by atoms with Gasteiger partial charge in [-0.05, 0) is 31.2 Å². The van der Waals surface area contributed by atoms with Crippen LogP contribution in [0.25, 0.3) is 11.3 Å². The van der Waals surface area contributed by atoms with Gasteiger partial charge >= 0.3 is 0 Å². The molecule has 2 atom stereocenters. The van der Waals surface area contributed by atoms with Crippen LogP contribution >= 0.6 is 0 Å². The summed E-state index contributed by atoms with van der Waals surface area (Å²) >= 11 is 0. The molecule has 0 saturated carbocycles. The van der Waals surface area contributed by atoms with Crippen molar-refractivity contribution in [3.05, 3.63) is 42.4 Å². The number of rotatable bonds is 5. The Labute approximate surface area is 143 Å². The minimum atomic E-state index is -0.367. The molecule has 1 fully saturated rings. The molecule has 5 heteroatoms. The van der Waals surface area contributed by atoms with Crippen LogP contribution in [0.1, 0.15) is 44.5 Å². The van der Waals surface area contributed by atoms with Crippen molar-refractivity contribution < 1.29 is 9.53 Å². The van der Waals surface area contributed by atoms with Crippen LogP contribution < -0.4 is 0 Å². The number of nitrogens with one attached hydrogen (secondary N) is 1. The largest absolute Gasteiger partial charge is 0.372 e. The van der Waals surface area contributed by atoms with Gasteiger partial charge in [-0.2, -0.15) is 0 Å². The molecule has 1 saturated heterocycles. The van der Waals surface area contributed by atoms with Crippen LogP contribution in [0.3, 0.4) is 0 Å². The molecule has 24 heavy (non-hydrogen) atoms. The number of hydrogen-bond acceptors (Lipinski definition) is 3. The number of nitrogens with zero attached hydrogens (tertiary/aromatic N) is 2. The van der Waals surface area contributed by atoms with Crippen LogP contribution in [0.15, 0.2) is 36.5 Å². The fourth-order valence-electron chi connectivity index (χ4n) is 3.38. The Hall–Kier alpha value is -2.14. The maximum Gasteiger partial charge on any atom is 0.252 e. The highest BCUT2D eigenvalue weighted by atomic mass is 16.5. The van der Waals surface area contributed by atoms with Gasteiger partial charge in [0.1, 0.15) is 11.9 Å². The molecule has 5 nitrogen and oxygen atoms in total. The molecular formula is C19H25N3O2. The number of likely N-dealkylation sites (tertiary alicyclic amines) is 1. The molecule has 1 aliphatic heterocycles. The minimum absolute atomic E-state index is 0.00733. The van der Waals surface area contributed by atoms with Crippen molar-refractivity contribution in [1.29, 1.82) is 0 Å². The first-order valence-corrected chi connectivity index (χ1v) is 8.68. The van der Waals surface area contributed by atoms with Gasteiger partial charge in [0.2, 0.25) is 0 Å². The van der Waals surface area contributed by atoms with Gasteiger partial charge in [-0.3, -0.25) is 4.79 Å². The molecule has 0 aliphatic carbocycles. The van der Waals surface area contributed by atoms with E-state index in [0.29, 0.717) is 6.42 Å². The topological polar surface area (TPSA) is 58.2 Å². The second-order valence-corrected chi connectivity index (χ2v) is 6.22. The standard InChI is InChI=1S/C19H25N3O2/c1-3-17(24-2)19(23)22-12-8-7-11-16(22)18-20-13-15(21-18)14-9-5-4-6-10-14/h4-6,9-10,13,16-17H,3,7-8,11-12H2,1-2H3,(H,20,21). The van der Waals surface area contributed by atoms with E-state index in [1.54, 1.807) is 7.11 Å². The van der Waals surface area contributed by atoms with Gasteiger partial charge in [0.05, 0.1) is 17.9 Å². The molecule has 1 aromatic heterocycles. The van der Waals surface area contributed by atoms with Crippen LogP contribution in [-0.4, -0.2) is 40.5 Å². The Morgan fingerprint density at radius 3 is 2.88 bits per heavy atom. The Morgan fingerprint density at radius 2 is 2.17 bits per heavy atom. The van der Waals surface area contributed by atoms with Gasteiger partial charge in [-0.15, -0.1) is 0 Å². The zero-order valence-electron chi connectivity index (χ0n) is 14.4. The normalized spacial score (nSPS) is 19.2. The zero-order chi connectivity index (χ0) is 16.9. The molecule has 2 unspecified atom stereocenters. The second-order valence-electron chi connectivity index (χ2n) is 6.22. The number of imidazole rings is 1. The number of ether oxygens (including phenoxy) is 1. The van der Waals surface area contributed by atoms with Crippen molar-refractivity contribution in [2.45, 2.75) is 44.8 Å². The SMILES string of the molecule is CCC(OC)C(=O)N1CCCCC1c1ncc(-c2ccccc2)[nH]1. The average Bonchev–Trinajstić information content (AvgIpc) is 3.13. The third-order valence-electron chi connectivity index (χ3n) is 4.71. The van der Waals surface area contributed by atoms with E-state index in [1.165, 1.54) is 0 Å². The molecule has 128 valence electrons. The van der Waals surface area contributed by atoms with Crippen LogP contribution in [0.2, 0.25) is 0 Å². The Morgan fingerprint density at radius 1 is 1.38 bits per heavy atom. The number of carbonyl (C=O) groups is 1. The van der Waals surface area contributed by atoms with Crippen molar-refractivity contribution in [3.8, 4) is 11.3 Å². The number of aromatic nitrogens is 2. The molecule has 0 radical (unpaired) electrons. The van der Waals surface area contributed by atoms with Gasteiger partial charge in [0.25, 0.3) is 5.91 Å². The first-order valence-electron chi connectivity index (χ1n) is 8.68. The number of benzene rings is 1. The summed E-state index contributed by atoms with van der Waals surface area (Å²) in [5.41, 5.74) is 2.09. The quantitative estimate of drug-likeness (QED) is 0.913. The van der Waals surface area contributed by atoms with Gasteiger partial charge in [-0.1, -0.05) is 37.3 Å². The van der Waals surface area contributed by atoms with E-state index in [1.807, 2.05) is 36.2 Å². The lowest BCUT2D eigenvalue weighted by Gasteiger charge is -2.36. The summed E-state index contributed by atoms with van der Waals surface area (Å²) in [6, 6.07) is 10.1. The highest BCUT2D eigenvalue weighted by molar-refractivity contribution is 5.81. The highest BCUT2D eigenvalue weighted by Gasteiger charge is 2.33. The van der Waals surface area contributed by atoms with Crippen molar-refractivity contribution in [3.63, 3.8) is 0 Å².